The molecular weight excluding hydrogens is 258 g/mol. The number of ketones is 1. The lowest BCUT2D eigenvalue weighted by Crippen LogP contribution is -1.95. The summed E-state index contributed by atoms with van der Waals surface area (Å²) < 4.78 is 0. The van der Waals surface area contributed by atoms with Gasteiger partial charge in [-0.2, -0.15) is 0 Å². The lowest BCUT2D eigenvalue weighted by molar-refractivity contribution is 0.104. The Bertz CT molecular complexity index is 1020. The van der Waals surface area contributed by atoms with E-state index in [9.17, 15) is 4.79 Å². The van der Waals surface area contributed by atoms with Gasteiger partial charge in [-0.1, -0.05) is 49.0 Å². The molecule has 0 radical (unpaired) electrons. The van der Waals surface area contributed by atoms with E-state index in [-0.39, 0.29) is 5.78 Å². The molecule has 0 amide bonds. The third-order valence-corrected chi connectivity index (χ3v) is 3.97. The van der Waals surface area contributed by atoms with Gasteiger partial charge < -0.3 is 4.98 Å². The Kier molecular flexibility index (Phi) is 2.45. The van der Waals surface area contributed by atoms with E-state index in [4.69, 9.17) is 0 Å². The third kappa shape index (κ3) is 1.62. The number of H-pyrrole nitrogens is 1. The van der Waals surface area contributed by atoms with Crippen LogP contribution in [0.1, 0.15) is 10.4 Å². The molecule has 0 bridgehead atoms. The summed E-state index contributed by atoms with van der Waals surface area (Å²) in [5, 5.41) is 4.24. The van der Waals surface area contributed by atoms with Crippen molar-refractivity contribution in [3.8, 4) is 0 Å². The fourth-order valence-electron chi connectivity index (χ4n) is 3.00. The fraction of sp³-hybridized carbons (Fsp3) is 0. The average Bonchev–Trinajstić information content (AvgIpc) is 2.92. The zero-order valence-electron chi connectivity index (χ0n) is 11.4. The second-order valence-electron chi connectivity index (χ2n) is 5.13. The molecular formula is C19H13NO. The summed E-state index contributed by atoms with van der Waals surface area (Å²) in [4.78, 5) is 15.7. The van der Waals surface area contributed by atoms with Crippen LogP contribution in [0, 0.1) is 0 Å². The summed E-state index contributed by atoms with van der Waals surface area (Å²) >= 11 is 0. The minimum absolute atomic E-state index is 0.0432. The van der Waals surface area contributed by atoms with E-state index >= 15 is 0 Å². The van der Waals surface area contributed by atoms with Crippen LogP contribution in [0.2, 0.25) is 0 Å². The van der Waals surface area contributed by atoms with Crippen LogP contribution in [0.25, 0.3) is 32.6 Å². The van der Waals surface area contributed by atoms with Crippen molar-refractivity contribution in [2.75, 3.05) is 0 Å². The van der Waals surface area contributed by atoms with Crippen LogP contribution in [0.15, 0.2) is 67.3 Å². The first kappa shape index (κ1) is 11.9. The molecule has 1 N–H and O–H groups in total. The number of aromatic amines is 1. The average molecular weight is 271 g/mol. The molecule has 1 aromatic heterocycles. The van der Waals surface area contributed by atoms with Gasteiger partial charge in [-0.15, -0.1) is 0 Å². The van der Waals surface area contributed by atoms with Crippen LogP contribution >= 0.6 is 0 Å². The Morgan fingerprint density at radius 3 is 2.33 bits per heavy atom. The van der Waals surface area contributed by atoms with Gasteiger partial charge >= 0.3 is 0 Å². The van der Waals surface area contributed by atoms with Crippen molar-refractivity contribution in [3.05, 3.63) is 72.8 Å². The first-order valence-corrected chi connectivity index (χ1v) is 6.88. The first-order valence-electron chi connectivity index (χ1n) is 6.88. The van der Waals surface area contributed by atoms with Gasteiger partial charge in [0.2, 0.25) is 0 Å². The van der Waals surface area contributed by atoms with Crippen molar-refractivity contribution in [1.82, 2.24) is 4.98 Å². The second kappa shape index (κ2) is 4.32. The van der Waals surface area contributed by atoms with Crippen LogP contribution in [0.3, 0.4) is 0 Å². The Hall–Kier alpha value is -2.87. The summed E-state index contributed by atoms with van der Waals surface area (Å²) in [6.45, 7) is 3.62. The highest BCUT2D eigenvalue weighted by atomic mass is 16.1. The van der Waals surface area contributed by atoms with Crippen LogP contribution in [0.4, 0.5) is 0 Å². The highest BCUT2D eigenvalue weighted by Crippen LogP contribution is 2.33. The Morgan fingerprint density at radius 1 is 0.905 bits per heavy atom. The van der Waals surface area contributed by atoms with Gasteiger partial charge in [-0.3, -0.25) is 4.79 Å². The number of fused-ring (bicyclic) bond motifs is 5. The van der Waals surface area contributed by atoms with E-state index in [0.29, 0.717) is 5.56 Å². The van der Waals surface area contributed by atoms with Crippen molar-refractivity contribution in [1.29, 1.82) is 0 Å². The van der Waals surface area contributed by atoms with Crippen molar-refractivity contribution in [2.24, 2.45) is 0 Å². The maximum absolute atomic E-state index is 12.2. The largest absolute Gasteiger partial charge is 0.354 e. The number of nitrogens with one attached hydrogen (secondary N) is 1. The van der Waals surface area contributed by atoms with E-state index in [2.05, 4.69) is 23.7 Å². The van der Waals surface area contributed by atoms with E-state index < -0.39 is 0 Å². The zero-order valence-corrected chi connectivity index (χ0v) is 11.4. The highest BCUT2D eigenvalue weighted by Gasteiger charge is 2.13. The monoisotopic (exact) mass is 271 g/mol. The summed E-state index contributed by atoms with van der Waals surface area (Å²) in [7, 11) is 0. The number of allylic oxidation sites excluding steroid dienone is 1. The molecule has 0 aliphatic heterocycles. The Labute approximate surface area is 121 Å². The molecule has 0 aliphatic rings. The van der Waals surface area contributed by atoms with Gasteiger partial charge in [0.25, 0.3) is 0 Å². The topological polar surface area (TPSA) is 32.9 Å². The predicted octanol–water partition coefficient (Wildman–Crippen LogP) is 4.84. The minimum atomic E-state index is -0.0432. The van der Waals surface area contributed by atoms with Gasteiger partial charge in [-0.25, -0.2) is 0 Å². The van der Waals surface area contributed by atoms with Crippen LogP contribution in [-0.2, 0) is 0 Å². The second-order valence-corrected chi connectivity index (χ2v) is 5.13. The summed E-state index contributed by atoms with van der Waals surface area (Å²) in [6, 6.07) is 18.1. The lowest BCUT2D eigenvalue weighted by Gasteiger charge is -2.05. The molecule has 0 atom stereocenters. The van der Waals surface area contributed by atoms with E-state index in [0.717, 1.165) is 32.6 Å². The maximum Gasteiger partial charge on any atom is 0.185 e. The molecule has 0 saturated carbocycles. The lowest BCUT2D eigenvalue weighted by atomic mass is 9.97. The fourth-order valence-corrected chi connectivity index (χ4v) is 3.00. The standard InChI is InChI=1S/C19H13NO/c1-2-18(21)15-11-16-13-8-5-6-10-17(13)20-19(16)14-9-4-3-7-12(14)15/h2-11,20H,1H2. The van der Waals surface area contributed by atoms with Crippen LogP contribution < -0.4 is 0 Å². The number of carbonyl (C=O) groups excluding carboxylic acids is 1. The molecule has 21 heavy (non-hydrogen) atoms. The molecule has 3 aromatic carbocycles. The molecule has 0 aliphatic carbocycles. The molecule has 0 fully saturated rings. The number of benzene rings is 3. The van der Waals surface area contributed by atoms with Crippen LogP contribution in [-0.4, -0.2) is 10.8 Å². The normalized spacial score (nSPS) is 11.2. The molecule has 100 valence electrons. The minimum Gasteiger partial charge on any atom is -0.354 e. The number of hydrogen-bond acceptors (Lipinski definition) is 1. The summed E-state index contributed by atoms with van der Waals surface area (Å²) in [5.74, 6) is -0.0432. The maximum atomic E-state index is 12.2. The van der Waals surface area contributed by atoms with Crippen molar-refractivity contribution in [2.45, 2.75) is 0 Å². The van der Waals surface area contributed by atoms with Gasteiger partial charge in [0, 0.05) is 27.2 Å². The van der Waals surface area contributed by atoms with Gasteiger partial charge in [0.05, 0.1) is 5.52 Å². The number of carbonyl (C=O) groups is 1. The smallest absolute Gasteiger partial charge is 0.185 e. The molecule has 2 nitrogen and oxygen atoms in total. The molecule has 1 heterocycles. The molecule has 0 unspecified atom stereocenters. The van der Waals surface area contributed by atoms with Crippen LogP contribution in [0.5, 0.6) is 0 Å². The SMILES string of the molecule is C=CC(=O)c1cc2c3ccccc3[nH]c2c2ccccc12. The number of rotatable bonds is 2. The summed E-state index contributed by atoms with van der Waals surface area (Å²) in [5.41, 5.74) is 2.87. The van der Waals surface area contributed by atoms with Crippen molar-refractivity contribution in [3.63, 3.8) is 0 Å². The zero-order chi connectivity index (χ0) is 14.4. The number of hydrogen-bond donors (Lipinski definition) is 1. The van der Waals surface area contributed by atoms with E-state index in [1.807, 2.05) is 42.5 Å². The van der Waals surface area contributed by atoms with Crippen molar-refractivity contribution < 1.29 is 4.79 Å². The molecule has 4 aromatic rings. The molecule has 2 heteroatoms. The van der Waals surface area contributed by atoms with Gasteiger partial charge in [0.15, 0.2) is 5.78 Å². The van der Waals surface area contributed by atoms with E-state index in [1.165, 1.54) is 6.08 Å². The molecule has 0 spiro atoms. The van der Waals surface area contributed by atoms with E-state index in [1.54, 1.807) is 0 Å². The Morgan fingerprint density at radius 2 is 1.57 bits per heavy atom. The van der Waals surface area contributed by atoms with Gasteiger partial charge in [0.1, 0.15) is 0 Å². The third-order valence-electron chi connectivity index (χ3n) is 3.97. The highest BCUT2D eigenvalue weighted by molar-refractivity contribution is 6.24. The molecule has 0 saturated heterocycles. The molecule has 4 rings (SSSR count). The first-order chi connectivity index (χ1) is 10.3. The van der Waals surface area contributed by atoms with Gasteiger partial charge in [-0.05, 0) is 23.6 Å². The quantitative estimate of drug-likeness (QED) is 0.410. The summed E-state index contributed by atoms with van der Waals surface area (Å²) in [6.07, 6.45) is 1.38. The Balaban J connectivity index is 2.29. The number of aromatic nitrogens is 1. The number of para-hydroxylation sites is 1. The predicted molar refractivity (Wildman–Crippen MR) is 87.8 cm³/mol. The van der Waals surface area contributed by atoms with Crippen molar-refractivity contribution >= 4 is 38.4 Å².